The Morgan fingerprint density at radius 2 is 2.27 bits per heavy atom. The Labute approximate surface area is 91.0 Å². The molecule has 1 saturated heterocycles. The maximum absolute atomic E-state index is 10.9. The third-order valence-electron chi connectivity index (χ3n) is 2.92. The summed E-state index contributed by atoms with van der Waals surface area (Å²) in [5, 5.41) is 12.2. The molecule has 1 unspecified atom stereocenters. The van der Waals surface area contributed by atoms with Gasteiger partial charge < -0.3 is 15.2 Å². The zero-order valence-corrected chi connectivity index (χ0v) is 9.80. The van der Waals surface area contributed by atoms with Gasteiger partial charge in [0.15, 0.2) is 0 Å². The molecule has 1 aliphatic rings. The fourth-order valence-corrected chi connectivity index (χ4v) is 1.57. The highest BCUT2D eigenvalue weighted by Crippen LogP contribution is 2.24. The van der Waals surface area contributed by atoms with Gasteiger partial charge in [-0.2, -0.15) is 0 Å². The van der Waals surface area contributed by atoms with Gasteiger partial charge in [-0.05, 0) is 40.2 Å². The summed E-state index contributed by atoms with van der Waals surface area (Å²) in [7, 11) is 0. The van der Waals surface area contributed by atoms with Gasteiger partial charge in [-0.1, -0.05) is 0 Å². The molecule has 2 N–H and O–H groups in total. The smallest absolute Gasteiger partial charge is 0.311 e. The number of hydrogen-bond acceptors (Lipinski definition) is 3. The van der Waals surface area contributed by atoms with Gasteiger partial charge in [-0.15, -0.1) is 0 Å². The first-order valence-corrected chi connectivity index (χ1v) is 5.44. The number of carboxylic acids is 1. The van der Waals surface area contributed by atoms with Crippen LogP contribution in [0.1, 0.15) is 33.6 Å². The lowest BCUT2D eigenvalue weighted by molar-refractivity contribution is -0.155. The average molecular weight is 215 g/mol. The predicted octanol–water partition coefficient (Wildman–Crippen LogP) is 1.26. The van der Waals surface area contributed by atoms with Gasteiger partial charge in [-0.25, -0.2) is 0 Å². The maximum atomic E-state index is 10.9. The molecule has 4 nitrogen and oxygen atoms in total. The van der Waals surface area contributed by atoms with Gasteiger partial charge in [0.25, 0.3) is 0 Å². The van der Waals surface area contributed by atoms with Crippen molar-refractivity contribution in [2.45, 2.75) is 39.2 Å². The molecule has 1 rings (SSSR count). The van der Waals surface area contributed by atoms with Crippen LogP contribution in [0.15, 0.2) is 0 Å². The van der Waals surface area contributed by atoms with Crippen molar-refractivity contribution in [2.24, 2.45) is 5.41 Å². The van der Waals surface area contributed by atoms with Crippen molar-refractivity contribution in [3.63, 3.8) is 0 Å². The monoisotopic (exact) mass is 215 g/mol. The first-order valence-electron chi connectivity index (χ1n) is 5.44. The lowest BCUT2D eigenvalue weighted by Gasteiger charge is -2.36. The number of hydrogen-bond donors (Lipinski definition) is 2. The molecule has 0 aliphatic carbocycles. The quantitative estimate of drug-likeness (QED) is 0.741. The SMILES string of the molecule is CC1(OCC(C)(C)C(=O)O)CCCNC1. The first-order chi connectivity index (χ1) is 6.86. The van der Waals surface area contributed by atoms with Crippen LogP contribution < -0.4 is 5.32 Å². The predicted molar refractivity (Wildman–Crippen MR) is 57.9 cm³/mol. The second kappa shape index (κ2) is 4.49. The minimum Gasteiger partial charge on any atom is -0.481 e. The molecular weight excluding hydrogens is 194 g/mol. The van der Waals surface area contributed by atoms with Crippen LogP contribution in [0.5, 0.6) is 0 Å². The van der Waals surface area contributed by atoms with Gasteiger partial charge in [-0.3, -0.25) is 4.79 Å². The third-order valence-corrected chi connectivity index (χ3v) is 2.92. The Morgan fingerprint density at radius 3 is 2.73 bits per heavy atom. The van der Waals surface area contributed by atoms with Gasteiger partial charge >= 0.3 is 5.97 Å². The van der Waals surface area contributed by atoms with E-state index in [1.165, 1.54) is 0 Å². The van der Waals surface area contributed by atoms with E-state index in [9.17, 15) is 4.79 Å². The van der Waals surface area contributed by atoms with E-state index >= 15 is 0 Å². The van der Waals surface area contributed by atoms with Crippen LogP contribution in [0.25, 0.3) is 0 Å². The van der Waals surface area contributed by atoms with Crippen molar-refractivity contribution in [3.8, 4) is 0 Å². The summed E-state index contributed by atoms with van der Waals surface area (Å²) >= 11 is 0. The molecule has 1 fully saturated rings. The molecule has 0 saturated carbocycles. The van der Waals surface area contributed by atoms with Crippen molar-refractivity contribution >= 4 is 5.97 Å². The fourth-order valence-electron chi connectivity index (χ4n) is 1.57. The van der Waals surface area contributed by atoms with E-state index in [0.29, 0.717) is 0 Å². The number of carboxylic acid groups (broad SMARTS) is 1. The summed E-state index contributed by atoms with van der Waals surface area (Å²) in [6, 6.07) is 0. The van der Waals surface area contributed by atoms with Crippen LogP contribution in [0.4, 0.5) is 0 Å². The highest BCUT2D eigenvalue weighted by atomic mass is 16.5. The Hall–Kier alpha value is -0.610. The maximum Gasteiger partial charge on any atom is 0.311 e. The Kier molecular flexibility index (Phi) is 3.73. The van der Waals surface area contributed by atoms with Crippen LogP contribution in [0.3, 0.4) is 0 Å². The molecule has 1 aliphatic heterocycles. The van der Waals surface area contributed by atoms with Crippen molar-refractivity contribution in [1.82, 2.24) is 5.32 Å². The van der Waals surface area contributed by atoms with Crippen LogP contribution in [-0.4, -0.2) is 36.4 Å². The summed E-state index contributed by atoms with van der Waals surface area (Å²) in [4.78, 5) is 10.9. The topological polar surface area (TPSA) is 58.6 Å². The summed E-state index contributed by atoms with van der Waals surface area (Å²) in [5.74, 6) is -0.810. The highest BCUT2D eigenvalue weighted by Gasteiger charge is 2.33. The van der Waals surface area contributed by atoms with E-state index in [2.05, 4.69) is 5.32 Å². The molecule has 1 heterocycles. The Bertz CT molecular complexity index is 232. The van der Waals surface area contributed by atoms with E-state index < -0.39 is 11.4 Å². The Morgan fingerprint density at radius 1 is 1.60 bits per heavy atom. The van der Waals surface area contributed by atoms with E-state index in [1.54, 1.807) is 13.8 Å². The van der Waals surface area contributed by atoms with E-state index in [0.717, 1.165) is 25.9 Å². The fraction of sp³-hybridized carbons (Fsp3) is 0.909. The summed E-state index contributed by atoms with van der Waals surface area (Å²) < 4.78 is 5.75. The zero-order valence-electron chi connectivity index (χ0n) is 9.80. The molecule has 0 radical (unpaired) electrons. The van der Waals surface area contributed by atoms with E-state index in [4.69, 9.17) is 9.84 Å². The number of carbonyl (C=O) groups is 1. The van der Waals surface area contributed by atoms with Gasteiger partial charge in [0, 0.05) is 6.54 Å². The third kappa shape index (κ3) is 3.47. The Balaban J connectivity index is 2.44. The van der Waals surface area contributed by atoms with Crippen LogP contribution >= 0.6 is 0 Å². The standard InChI is InChI=1S/C11H21NO3/c1-10(2,9(13)14)8-15-11(3)5-4-6-12-7-11/h12H,4-8H2,1-3H3,(H,13,14). The van der Waals surface area contributed by atoms with Crippen molar-refractivity contribution in [1.29, 1.82) is 0 Å². The van der Waals surface area contributed by atoms with Crippen molar-refractivity contribution < 1.29 is 14.6 Å². The molecule has 0 amide bonds. The second-order valence-corrected chi connectivity index (χ2v) is 5.21. The minimum atomic E-state index is -0.810. The molecule has 15 heavy (non-hydrogen) atoms. The zero-order chi connectivity index (χ0) is 11.5. The molecule has 0 aromatic rings. The van der Waals surface area contributed by atoms with Crippen molar-refractivity contribution in [3.05, 3.63) is 0 Å². The second-order valence-electron chi connectivity index (χ2n) is 5.21. The summed E-state index contributed by atoms with van der Waals surface area (Å²) in [6.45, 7) is 7.52. The minimum absolute atomic E-state index is 0.203. The van der Waals surface area contributed by atoms with Gasteiger partial charge in [0.05, 0.1) is 17.6 Å². The lowest BCUT2D eigenvalue weighted by atomic mass is 9.92. The number of ether oxygens (including phenoxy) is 1. The van der Waals surface area contributed by atoms with Gasteiger partial charge in [0.2, 0.25) is 0 Å². The average Bonchev–Trinajstić information content (AvgIpc) is 2.16. The highest BCUT2D eigenvalue weighted by molar-refractivity contribution is 5.73. The number of aliphatic carboxylic acids is 1. The molecule has 4 heteroatoms. The molecule has 1 atom stereocenters. The van der Waals surface area contributed by atoms with Crippen molar-refractivity contribution in [2.75, 3.05) is 19.7 Å². The summed E-state index contributed by atoms with van der Waals surface area (Å²) in [6.07, 6.45) is 2.08. The number of nitrogens with one attached hydrogen (secondary N) is 1. The normalized spacial score (nSPS) is 27.7. The molecular formula is C11H21NO3. The van der Waals surface area contributed by atoms with Crippen LogP contribution in [-0.2, 0) is 9.53 Å². The van der Waals surface area contributed by atoms with Crippen LogP contribution in [0, 0.1) is 5.41 Å². The first kappa shape index (κ1) is 12.5. The largest absolute Gasteiger partial charge is 0.481 e. The number of piperidine rings is 1. The van der Waals surface area contributed by atoms with E-state index in [-0.39, 0.29) is 12.2 Å². The van der Waals surface area contributed by atoms with Crippen LogP contribution in [0.2, 0.25) is 0 Å². The molecule has 0 bridgehead atoms. The lowest BCUT2D eigenvalue weighted by Crippen LogP contribution is -2.47. The summed E-state index contributed by atoms with van der Waals surface area (Å²) in [5.41, 5.74) is -1.01. The molecule has 0 aromatic carbocycles. The molecule has 88 valence electrons. The molecule has 0 aromatic heterocycles. The number of rotatable bonds is 4. The molecule has 0 spiro atoms. The van der Waals surface area contributed by atoms with Gasteiger partial charge in [0.1, 0.15) is 0 Å². The van der Waals surface area contributed by atoms with E-state index in [1.807, 2.05) is 6.92 Å².